The maximum Gasteiger partial charge on any atom is 0.172 e. The van der Waals surface area contributed by atoms with E-state index >= 15 is 0 Å². The summed E-state index contributed by atoms with van der Waals surface area (Å²) in [6, 6.07) is 8.15. The number of hydrogen-bond donors (Lipinski definition) is 2. The van der Waals surface area contributed by atoms with Gasteiger partial charge in [0.25, 0.3) is 0 Å². The third-order valence-electron chi connectivity index (χ3n) is 3.21. The molecule has 4 nitrogen and oxygen atoms in total. The Bertz CT molecular complexity index is 681. The smallest absolute Gasteiger partial charge is 0.172 e. The largest absolute Gasteiger partial charge is 0.360 e. The van der Waals surface area contributed by atoms with Crippen LogP contribution in [0.2, 0.25) is 0 Å². The van der Waals surface area contributed by atoms with Gasteiger partial charge in [0.1, 0.15) is 0 Å². The highest BCUT2D eigenvalue weighted by molar-refractivity contribution is 5.94. The van der Waals surface area contributed by atoms with E-state index in [1.54, 1.807) is 0 Å². The van der Waals surface area contributed by atoms with Crippen LogP contribution in [0.25, 0.3) is 22.2 Å². The van der Waals surface area contributed by atoms with Gasteiger partial charge in [0.05, 0.1) is 5.69 Å². The quantitative estimate of drug-likeness (QED) is 0.740. The number of nitrogens with one attached hydrogen (secondary N) is 1. The first kappa shape index (κ1) is 11.0. The van der Waals surface area contributed by atoms with Gasteiger partial charge in [-0.3, -0.25) is 0 Å². The molecule has 0 aliphatic rings. The van der Waals surface area contributed by atoms with Crippen LogP contribution >= 0.6 is 0 Å². The Kier molecular flexibility index (Phi) is 2.64. The molecule has 2 heterocycles. The van der Waals surface area contributed by atoms with Crippen LogP contribution in [0.3, 0.4) is 0 Å². The molecule has 3 rings (SSSR count). The van der Waals surface area contributed by atoms with Gasteiger partial charge in [-0.05, 0) is 26.0 Å². The van der Waals surface area contributed by atoms with Crippen molar-refractivity contribution in [2.24, 2.45) is 5.73 Å². The average molecular weight is 241 g/mol. The van der Waals surface area contributed by atoms with Gasteiger partial charge in [-0.15, -0.1) is 0 Å². The summed E-state index contributed by atoms with van der Waals surface area (Å²) < 4.78 is 5.47. The van der Waals surface area contributed by atoms with E-state index in [9.17, 15) is 0 Å². The van der Waals surface area contributed by atoms with Crippen LogP contribution in [0.1, 0.15) is 11.3 Å². The summed E-state index contributed by atoms with van der Waals surface area (Å²) in [4.78, 5) is 3.25. The Morgan fingerprint density at radius 3 is 3.00 bits per heavy atom. The predicted octanol–water partition coefficient (Wildman–Crippen LogP) is 2.63. The lowest BCUT2D eigenvalue weighted by atomic mass is 10.0. The number of hydrogen-bond acceptors (Lipinski definition) is 3. The first-order valence-electron chi connectivity index (χ1n) is 6.03. The lowest BCUT2D eigenvalue weighted by Crippen LogP contribution is -2.03. The normalized spacial score (nSPS) is 11.2. The maximum absolute atomic E-state index is 5.65. The van der Waals surface area contributed by atoms with Crippen LogP contribution in [-0.4, -0.2) is 16.7 Å². The summed E-state index contributed by atoms with van der Waals surface area (Å²) in [6.45, 7) is 2.55. The van der Waals surface area contributed by atoms with Crippen LogP contribution in [0.5, 0.6) is 0 Å². The van der Waals surface area contributed by atoms with Gasteiger partial charge in [0, 0.05) is 28.2 Å². The number of nitrogens with zero attached hydrogens (tertiary/aromatic N) is 1. The number of rotatable bonds is 3. The monoisotopic (exact) mass is 241 g/mol. The van der Waals surface area contributed by atoms with Crippen LogP contribution in [0.4, 0.5) is 0 Å². The van der Waals surface area contributed by atoms with Crippen molar-refractivity contribution in [1.82, 2.24) is 10.1 Å². The molecule has 0 saturated carbocycles. The summed E-state index contributed by atoms with van der Waals surface area (Å²) in [5.41, 5.74) is 9.81. The number of fused-ring (bicyclic) bond motifs is 1. The molecule has 0 unspecified atom stereocenters. The zero-order chi connectivity index (χ0) is 12.5. The Hall–Kier alpha value is -2.07. The van der Waals surface area contributed by atoms with Gasteiger partial charge in [0.2, 0.25) is 0 Å². The van der Waals surface area contributed by atoms with E-state index in [1.165, 1.54) is 0 Å². The molecule has 3 aromatic rings. The molecule has 0 spiro atoms. The van der Waals surface area contributed by atoms with E-state index < -0.39 is 0 Å². The topological polar surface area (TPSA) is 67.8 Å². The van der Waals surface area contributed by atoms with E-state index in [4.69, 9.17) is 10.3 Å². The number of nitrogens with two attached hydrogens (primary N) is 1. The SMILES string of the molecule is Cc1noc(-c2c[nH]c3ccccc23)c1CCN. The third kappa shape index (κ3) is 1.62. The number of aromatic amines is 1. The molecule has 92 valence electrons. The van der Waals surface area contributed by atoms with Crippen molar-refractivity contribution in [2.45, 2.75) is 13.3 Å². The second kappa shape index (κ2) is 4.31. The van der Waals surface area contributed by atoms with Crippen molar-refractivity contribution in [3.63, 3.8) is 0 Å². The average Bonchev–Trinajstić information content (AvgIpc) is 2.95. The van der Waals surface area contributed by atoms with Gasteiger partial charge in [-0.25, -0.2) is 0 Å². The highest BCUT2D eigenvalue weighted by atomic mass is 16.5. The van der Waals surface area contributed by atoms with Crippen molar-refractivity contribution in [3.8, 4) is 11.3 Å². The predicted molar refractivity (Wildman–Crippen MR) is 71.3 cm³/mol. The second-order valence-corrected chi connectivity index (χ2v) is 4.36. The second-order valence-electron chi connectivity index (χ2n) is 4.36. The molecule has 0 aliphatic heterocycles. The van der Waals surface area contributed by atoms with E-state index in [2.05, 4.69) is 16.2 Å². The molecule has 0 bridgehead atoms. The van der Waals surface area contributed by atoms with E-state index in [-0.39, 0.29) is 0 Å². The fourth-order valence-electron chi connectivity index (χ4n) is 2.30. The van der Waals surface area contributed by atoms with Crippen molar-refractivity contribution in [3.05, 3.63) is 41.7 Å². The fourth-order valence-corrected chi connectivity index (χ4v) is 2.30. The first-order valence-corrected chi connectivity index (χ1v) is 6.03. The summed E-state index contributed by atoms with van der Waals surface area (Å²) in [7, 11) is 0. The number of H-pyrrole nitrogens is 1. The van der Waals surface area contributed by atoms with E-state index in [1.807, 2.05) is 31.3 Å². The van der Waals surface area contributed by atoms with Gasteiger partial charge >= 0.3 is 0 Å². The molecular weight excluding hydrogens is 226 g/mol. The minimum Gasteiger partial charge on any atom is -0.360 e. The maximum atomic E-state index is 5.65. The molecule has 0 fully saturated rings. The van der Waals surface area contributed by atoms with Crippen molar-refractivity contribution < 1.29 is 4.52 Å². The van der Waals surface area contributed by atoms with Crippen molar-refractivity contribution in [1.29, 1.82) is 0 Å². The number of aryl methyl sites for hydroxylation is 1. The molecule has 3 N–H and O–H groups in total. The molecule has 2 aromatic heterocycles. The zero-order valence-electron chi connectivity index (χ0n) is 10.2. The minimum absolute atomic E-state index is 0.595. The van der Waals surface area contributed by atoms with Crippen LogP contribution < -0.4 is 5.73 Å². The molecule has 0 saturated heterocycles. The van der Waals surface area contributed by atoms with Gasteiger partial charge in [-0.1, -0.05) is 23.4 Å². The molecular formula is C14H15N3O. The van der Waals surface area contributed by atoms with Crippen LogP contribution in [-0.2, 0) is 6.42 Å². The number of aromatic nitrogens is 2. The van der Waals surface area contributed by atoms with Gasteiger partial charge < -0.3 is 15.2 Å². The van der Waals surface area contributed by atoms with Gasteiger partial charge in [-0.2, -0.15) is 0 Å². The molecule has 0 aliphatic carbocycles. The highest BCUT2D eigenvalue weighted by Gasteiger charge is 2.17. The molecule has 1 aromatic carbocycles. The van der Waals surface area contributed by atoms with E-state index in [0.29, 0.717) is 6.54 Å². The molecule has 4 heteroatoms. The first-order chi connectivity index (χ1) is 8.81. The van der Waals surface area contributed by atoms with Crippen molar-refractivity contribution in [2.75, 3.05) is 6.54 Å². The van der Waals surface area contributed by atoms with Crippen LogP contribution in [0, 0.1) is 6.92 Å². The van der Waals surface area contributed by atoms with E-state index in [0.717, 1.165) is 39.9 Å². The molecule has 0 amide bonds. The van der Waals surface area contributed by atoms with Crippen LogP contribution in [0.15, 0.2) is 35.0 Å². The molecule has 18 heavy (non-hydrogen) atoms. The molecule has 0 radical (unpaired) electrons. The summed E-state index contributed by atoms with van der Waals surface area (Å²) in [5.74, 6) is 0.829. The third-order valence-corrected chi connectivity index (χ3v) is 3.21. The number of benzene rings is 1. The summed E-state index contributed by atoms with van der Waals surface area (Å²) in [6.07, 6.45) is 2.74. The number of para-hydroxylation sites is 1. The standard InChI is InChI=1S/C14H15N3O/c1-9-10(6-7-15)14(18-17-9)12-8-16-13-5-3-2-4-11(12)13/h2-5,8,16H,6-7,15H2,1H3. The minimum atomic E-state index is 0.595. The summed E-state index contributed by atoms with van der Waals surface area (Å²) in [5, 5.41) is 5.20. The van der Waals surface area contributed by atoms with Crippen molar-refractivity contribution >= 4 is 10.9 Å². The molecule has 0 atom stereocenters. The highest BCUT2D eigenvalue weighted by Crippen LogP contribution is 2.32. The Morgan fingerprint density at radius 2 is 2.17 bits per heavy atom. The lowest BCUT2D eigenvalue weighted by molar-refractivity contribution is 0.427. The summed E-state index contributed by atoms with van der Waals surface area (Å²) >= 11 is 0. The Balaban J connectivity index is 2.20. The van der Waals surface area contributed by atoms with Gasteiger partial charge in [0.15, 0.2) is 5.76 Å². The Labute approximate surface area is 105 Å². The zero-order valence-corrected chi connectivity index (χ0v) is 10.2. The Morgan fingerprint density at radius 1 is 1.33 bits per heavy atom. The fraction of sp³-hybridized carbons (Fsp3) is 0.214. The lowest BCUT2D eigenvalue weighted by Gasteiger charge is -1.99.